The first-order chi connectivity index (χ1) is 9.68. The lowest BCUT2D eigenvalue weighted by molar-refractivity contribution is 0.216. The zero-order valence-corrected chi connectivity index (χ0v) is 11.0. The summed E-state index contributed by atoms with van der Waals surface area (Å²) in [5, 5.41) is 1.55. The van der Waals surface area contributed by atoms with Gasteiger partial charge in [-0.1, -0.05) is 42.5 Å². The maximum absolute atomic E-state index is 14.0. The summed E-state index contributed by atoms with van der Waals surface area (Å²) >= 11 is 0. The second-order valence-electron chi connectivity index (χ2n) is 4.63. The molecule has 2 aromatic rings. The van der Waals surface area contributed by atoms with Crippen LogP contribution >= 0.6 is 0 Å². The zero-order valence-electron chi connectivity index (χ0n) is 11.0. The standard InChI is InChI=1S/C15H14FN3O/c1-18-14(11-7-3-2-4-8-11)19(17-15(18)20)13-10-6-5-9-12(13)16/h2-10,14H,1H3,(H,17,20). The van der Waals surface area contributed by atoms with E-state index in [9.17, 15) is 9.18 Å². The molecular weight excluding hydrogens is 257 g/mol. The third-order valence-corrected chi connectivity index (χ3v) is 3.36. The number of anilines is 1. The highest BCUT2D eigenvalue weighted by molar-refractivity contribution is 5.80. The molecule has 1 unspecified atom stereocenters. The molecule has 0 aromatic heterocycles. The van der Waals surface area contributed by atoms with Gasteiger partial charge in [-0.3, -0.25) is 5.01 Å². The highest BCUT2D eigenvalue weighted by Crippen LogP contribution is 2.32. The van der Waals surface area contributed by atoms with Crippen molar-refractivity contribution in [3.63, 3.8) is 0 Å². The molecule has 0 radical (unpaired) electrons. The summed E-state index contributed by atoms with van der Waals surface area (Å²) in [6.45, 7) is 0. The molecular formula is C15H14FN3O. The molecule has 0 saturated carbocycles. The van der Waals surface area contributed by atoms with E-state index in [1.54, 1.807) is 35.2 Å². The summed E-state index contributed by atoms with van der Waals surface area (Å²) in [6, 6.07) is 15.6. The zero-order chi connectivity index (χ0) is 14.1. The average Bonchev–Trinajstić information content (AvgIpc) is 2.76. The minimum absolute atomic E-state index is 0.262. The van der Waals surface area contributed by atoms with Gasteiger partial charge in [0.25, 0.3) is 0 Å². The molecule has 1 saturated heterocycles. The number of rotatable bonds is 2. The van der Waals surface area contributed by atoms with Crippen molar-refractivity contribution in [3.8, 4) is 0 Å². The fourth-order valence-corrected chi connectivity index (χ4v) is 2.36. The van der Waals surface area contributed by atoms with Crippen LogP contribution in [0.2, 0.25) is 0 Å². The Morgan fingerprint density at radius 3 is 2.40 bits per heavy atom. The number of hydrogen-bond donors (Lipinski definition) is 1. The predicted molar refractivity (Wildman–Crippen MR) is 74.4 cm³/mol. The minimum Gasteiger partial charge on any atom is -0.300 e. The lowest BCUT2D eigenvalue weighted by atomic mass is 10.1. The number of para-hydroxylation sites is 1. The summed E-state index contributed by atoms with van der Waals surface area (Å²) in [5.41, 5.74) is 3.95. The van der Waals surface area contributed by atoms with Crippen LogP contribution in [0, 0.1) is 5.82 Å². The Kier molecular flexibility index (Phi) is 3.02. The van der Waals surface area contributed by atoms with Crippen molar-refractivity contribution >= 4 is 11.7 Å². The Bertz CT molecular complexity index is 632. The number of amides is 2. The molecule has 2 aromatic carbocycles. The lowest BCUT2D eigenvalue weighted by Gasteiger charge is -2.28. The quantitative estimate of drug-likeness (QED) is 0.911. The van der Waals surface area contributed by atoms with Crippen molar-refractivity contribution in [3.05, 3.63) is 66.0 Å². The molecule has 2 amide bonds. The van der Waals surface area contributed by atoms with Gasteiger partial charge in [-0.25, -0.2) is 14.6 Å². The molecule has 1 aliphatic heterocycles. The largest absolute Gasteiger partial charge is 0.337 e. The van der Waals surface area contributed by atoms with Gasteiger partial charge in [0.2, 0.25) is 0 Å². The first-order valence-electron chi connectivity index (χ1n) is 6.30. The Morgan fingerprint density at radius 2 is 1.70 bits per heavy atom. The van der Waals surface area contributed by atoms with Gasteiger partial charge in [0.05, 0.1) is 5.69 Å². The van der Waals surface area contributed by atoms with Gasteiger partial charge in [0.15, 0.2) is 6.17 Å². The summed E-state index contributed by atoms with van der Waals surface area (Å²) in [5.74, 6) is -0.371. The molecule has 1 heterocycles. The lowest BCUT2D eigenvalue weighted by Crippen LogP contribution is -2.35. The monoisotopic (exact) mass is 271 g/mol. The van der Waals surface area contributed by atoms with Crippen LogP contribution in [0.4, 0.5) is 14.9 Å². The molecule has 102 valence electrons. The van der Waals surface area contributed by atoms with Crippen molar-refractivity contribution in [2.75, 3.05) is 12.1 Å². The number of urea groups is 1. The molecule has 5 heteroatoms. The van der Waals surface area contributed by atoms with Gasteiger partial charge in [-0.15, -0.1) is 0 Å². The summed E-state index contributed by atoms with van der Waals surface area (Å²) in [6.07, 6.45) is -0.374. The van der Waals surface area contributed by atoms with E-state index >= 15 is 0 Å². The van der Waals surface area contributed by atoms with Gasteiger partial charge >= 0.3 is 6.03 Å². The number of nitrogens with zero attached hydrogens (tertiary/aromatic N) is 2. The second-order valence-corrected chi connectivity index (χ2v) is 4.63. The van der Waals surface area contributed by atoms with Crippen LogP contribution in [0.1, 0.15) is 11.7 Å². The highest BCUT2D eigenvalue weighted by atomic mass is 19.1. The molecule has 1 fully saturated rings. The van der Waals surface area contributed by atoms with Gasteiger partial charge < -0.3 is 4.90 Å². The Balaban J connectivity index is 2.05. The maximum Gasteiger partial charge on any atom is 0.337 e. The summed E-state index contributed by atoms with van der Waals surface area (Å²) in [7, 11) is 1.69. The molecule has 1 atom stereocenters. The Hall–Kier alpha value is -2.56. The number of benzene rings is 2. The number of hydrogen-bond acceptors (Lipinski definition) is 2. The normalized spacial score (nSPS) is 18.3. The van der Waals surface area contributed by atoms with Crippen molar-refractivity contribution < 1.29 is 9.18 Å². The van der Waals surface area contributed by atoms with Crippen LogP contribution in [0.3, 0.4) is 0 Å². The number of carbonyl (C=O) groups is 1. The first kappa shape index (κ1) is 12.5. The second kappa shape index (κ2) is 4.85. The predicted octanol–water partition coefficient (Wildman–Crippen LogP) is 2.90. The average molecular weight is 271 g/mol. The number of nitrogens with one attached hydrogen (secondary N) is 1. The van der Waals surface area contributed by atoms with Crippen LogP contribution in [0.25, 0.3) is 0 Å². The summed E-state index contributed by atoms with van der Waals surface area (Å²) < 4.78 is 14.0. The fourth-order valence-electron chi connectivity index (χ4n) is 2.36. The third-order valence-electron chi connectivity index (χ3n) is 3.36. The van der Waals surface area contributed by atoms with E-state index in [-0.39, 0.29) is 18.0 Å². The van der Waals surface area contributed by atoms with Crippen LogP contribution < -0.4 is 10.4 Å². The van der Waals surface area contributed by atoms with Crippen LogP contribution in [0.15, 0.2) is 54.6 Å². The van der Waals surface area contributed by atoms with Crippen LogP contribution in [-0.4, -0.2) is 18.0 Å². The SMILES string of the molecule is CN1C(=O)NN(c2ccccc2F)C1c1ccccc1. The first-order valence-corrected chi connectivity index (χ1v) is 6.30. The molecule has 1 aliphatic rings. The molecule has 0 aliphatic carbocycles. The van der Waals surface area contributed by atoms with Crippen molar-refractivity contribution in [2.45, 2.75) is 6.17 Å². The Labute approximate surface area is 116 Å². The van der Waals surface area contributed by atoms with E-state index in [2.05, 4.69) is 5.43 Å². The molecule has 0 spiro atoms. The van der Waals surface area contributed by atoms with Crippen molar-refractivity contribution in [1.82, 2.24) is 10.3 Å². The van der Waals surface area contributed by atoms with E-state index in [1.807, 2.05) is 30.3 Å². The smallest absolute Gasteiger partial charge is 0.300 e. The van der Waals surface area contributed by atoms with E-state index in [0.717, 1.165) is 5.56 Å². The van der Waals surface area contributed by atoms with E-state index < -0.39 is 0 Å². The van der Waals surface area contributed by atoms with E-state index in [4.69, 9.17) is 0 Å². The van der Waals surface area contributed by atoms with E-state index in [0.29, 0.717) is 5.69 Å². The van der Waals surface area contributed by atoms with Gasteiger partial charge in [-0.2, -0.15) is 0 Å². The fraction of sp³-hybridized carbons (Fsp3) is 0.133. The van der Waals surface area contributed by atoms with Crippen molar-refractivity contribution in [1.29, 1.82) is 0 Å². The Morgan fingerprint density at radius 1 is 1.05 bits per heavy atom. The molecule has 20 heavy (non-hydrogen) atoms. The van der Waals surface area contributed by atoms with Gasteiger partial charge in [-0.05, 0) is 17.7 Å². The maximum atomic E-state index is 14.0. The summed E-state index contributed by atoms with van der Waals surface area (Å²) in [4.78, 5) is 13.4. The number of halogens is 1. The van der Waals surface area contributed by atoms with Gasteiger partial charge in [0.1, 0.15) is 5.82 Å². The number of carbonyl (C=O) groups excluding carboxylic acids is 1. The van der Waals surface area contributed by atoms with Crippen molar-refractivity contribution in [2.24, 2.45) is 0 Å². The number of hydrazine groups is 1. The molecule has 0 bridgehead atoms. The topological polar surface area (TPSA) is 35.6 Å². The van der Waals surface area contributed by atoms with Crippen LogP contribution in [-0.2, 0) is 0 Å². The third kappa shape index (κ3) is 1.97. The van der Waals surface area contributed by atoms with Gasteiger partial charge in [0, 0.05) is 7.05 Å². The van der Waals surface area contributed by atoms with Crippen LogP contribution in [0.5, 0.6) is 0 Å². The van der Waals surface area contributed by atoms with E-state index in [1.165, 1.54) is 6.07 Å². The molecule has 4 nitrogen and oxygen atoms in total. The molecule has 1 N–H and O–H groups in total. The highest BCUT2D eigenvalue weighted by Gasteiger charge is 2.37. The molecule has 3 rings (SSSR count). The minimum atomic E-state index is -0.374.